The molecule has 6 nitrogen and oxygen atoms in total. The normalized spacial score (nSPS) is 21.1. The van der Waals surface area contributed by atoms with Crippen molar-refractivity contribution in [3.8, 4) is 0 Å². The SMILES string of the molecule is Cc1ccc(S(=O)(=O)N2CCCC(C(=O)NCC3=CCNCC3)C2)cc1.Cl. The molecule has 8 heteroatoms. The summed E-state index contributed by atoms with van der Waals surface area (Å²) in [5.74, 6) is -0.334. The van der Waals surface area contributed by atoms with Gasteiger partial charge in [-0.1, -0.05) is 29.3 Å². The molecule has 2 aliphatic rings. The van der Waals surface area contributed by atoms with Gasteiger partial charge >= 0.3 is 0 Å². The van der Waals surface area contributed by atoms with Crippen molar-refractivity contribution >= 4 is 28.3 Å². The maximum absolute atomic E-state index is 12.9. The van der Waals surface area contributed by atoms with E-state index in [-0.39, 0.29) is 30.8 Å². The highest BCUT2D eigenvalue weighted by atomic mass is 35.5. The Morgan fingerprint density at radius 2 is 2.04 bits per heavy atom. The molecule has 3 rings (SSSR count). The summed E-state index contributed by atoms with van der Waals surface area (Å²) < 4.78 is 27.2. The first-order valence-electron chi connectivity index (χ1n) is 9.20. The van der Waals surface area contributed by atoms with Gasteiger partial charge < -0.3 is 10.6 Å². The maximum atomic E-state index is 12.9. The number of nitrogens with zero attached hydrogens (tertiary/aromatic N) is 1. The van der Waals surface area contributed by atoms with Gasteiger partial charge in [-0.2, -0.15) is 4.31 Å². The average Bonchev–Trinajstić information content (AvgIpc) is 2.67. The zero-order chi connectivity index (χ0) is 18.6. The van der Waals surface area contributed by atoms with E-state index in [0.29, 0.717) is 24.4 Å². The van der Waals surface area contributed by atoms with Crippen LogP contribution in [0.3, 0.4) is 0 Å². The molecular weight excluding hydrogens is 386 g/mol. The fraction of sp³-hybridized carbons (Fsp3) is 0.526. The molecule has 2 N–H and O–H groups in total. The molecule has 1 atom stereocenters. The first-order chi connectivity index (χ1) is 12.5. The van der Waals surface area contributed by atoms with E-state index in [4.69, 9.17) is 0 Å². The third-order valence-electron chi connectivity index (χ3n) is 5.06. The summed E-state index contributed by atoms with van der Waals surface area (Å²) in [7, 11) is -3.55. The van der Waals surface area contributed by atoms with Gasteiger partial charge in [-0.3, -0.25) is 4.79 Å². The molecule has 0 bridgehead atoms. The zero-order valence-corrected chi connectivity index (χ0v) is 17.2. The molecule has 0 aliphatic carbocycles. The highest BCUT2D eigenvalue weighted by molar-refractivity contribution is 7.89. The van der Waals surface area contributed by atoms with E-state index in [1.54, 1.807) is 24.3 Å². The van der Waals surface area contributed by atoms with Crippen molar-refractivity contribution in [3.05, 3.63) is 41.5 Å². The average molecular weight is 414 g/mol. The molecule has 0 spiro atoms. The van der Waals surface area contributed by atoms with E-state index in [1.165, 1.54) is 9.88 Å². The Balaban J connectivity index is 0.00000261. The molecule has 0 aromatic heterocycles. The Morgan fingerprint density at radius 1 is 1.30 bits per heavy atom. The van der Waals surface area contributed by atoms with Crippen LogP contribution in [0.25, 0.3) is 0 Å². The summed E-state index contributed by atoms with van der Waals surface area (Å²) in [6, 6.07) is 6.87. The summed E-state index contributed by atoms with van der Waals surface area (Å²) in [6.07, 6.45) is 4.49. The lowest BCUT2D eigenvalue weighted by atomic mass is 9.98. The van der Waals surface area contributed by atoms with Crippen molar-refractivity contribution < 1.29 is 13.2 Å². The van der Waals surface area contributed by atoms with E-state index in [0.717, 1.165) is 31.5 Å². The first kappa shape index (κ1) is 21.9. The molecule has 0 radical (unpaired) electrons. The number of nitrogens with one attached hydrogen (secondary N) is 2. The van der Waals surface area contributed by atoms with Crippen LogP contribution in [0.1, 0.15) is 24.8 Å². The molecular formula is C19H28ClN3O3S. The van der Waals surface area contributed by atoms with Gasteiger partial charge in [0.15, 0.2) is 0 Å². The number of carbonyl (C=O) groups excluding carboxylic acids is 1. The van der Waals surface area contributed by atoms with Crippen LogP contribution in [-0.4, -0.2) is 51.4 Å². The molecule has 1 amide bonds. The third kappa shape index (κ3) is 5.54. The fourth-order valence-electron chi connectivity index (χ4n) is 3.41. The molecule has 0 saturated carbocycles. The lowest BCUT2D eigenvalue weighted by Crippen LogP contribution is -2.45. The minimum atomic E-state index is -3.55. The molecule has 1 aromatic rings. The van der Waals surface area contributed by atoms with Gasteiger partial charge in [0.2, 0.25) is 15.9 Å². The summed E-state index contributed by atoms with van der Waals surface area (Å²) in [4.78, 5) is 12.8. The zero-order valence-electron chi connectivity index (χ0n) is 15.6. The van der Waals surface area contributed by atoms with Gasteiger partial charge in [0.1, 0.15) is 0 Å². The molecule has 1 saturated heterocycles. The topological polar surface area (TPSA) is 78.5 Å². The van der Waals surface area contributed by atoms with Crippen LogP contribution in [0, 0.1) is 12.8 Å². The van der Waals surface area contributed by atoms with Crippen LogP contribution in [0.5, 0.6) is 0 Å². The van der Waals surface area contributed by atoms with Gasteiger partial charge in [0.25, 0.3) is 0 Å². The van der Waals surface area contributed by atoms with Crippen LogP contribution in [0.15, 0.2) is 40.8 Å². The Kier molecular flexibility index (Phi) is 7.85. The fourth-order valence-corrected chi connectivity index (χ4v) is 4.93. The summed E-state index contributed by atoms with van der Waals surface area (Å²) >= 11 is 0. The number of aryl methyl sites for hydroxylation is 1. The van der Waals surface area contributed by atoms with Gasteiger partial charge in [0, 0.05) is 26.2 Å². The number of benzene rings is 1. The van der Waals surface area contributed by atoms with E-state index in [1.807, 2.05) is 6.92 Å². The van der Waals surface area contributed by atoms with E-state index in [2.05, 4.69) is 16.7 Å². The highest BCUT2D eigenvalue weighted by Gasteiger charge is 2.33. The number of piperidine rings is 1. The Morgan fingerprint density at radius 3 is 2.70 bits per heavy atom. The number of carbonyl (C=O) groups is 1. The smallest absolute Gasteiger partial charge is 0.243 e. The lowest BCUT2D eigenvalue weighted by Gasteiger charge is -2.31. The minimum absolute atomic E-state index is 0. The second-order valence-electron chi connectivity index (χ2n) is 7.05. The van der Waals surface area contributed by atoms with Gasteiger partial charge in [-0.15, -0.1) is 12.4 Å². The van der Waals surface area contributed by atoms with Crippen LogP contribution in [-0.2, 0) is 14.8 Å². The van der Waals surface area contributed by atoms with E-state index < -0.39 is 10.0 Å². The van der Waals surface area contributed by atoms with E-state index in [9.17, 15) is 13.2 Å². The number of amides is 1. The molecule has 1 fully saturated rings. The first-order valence-corrected chi connectivity index (χ1v) is 10.6. The quantitative estimate of drug-likeness (QED) is 0.722. The second kappa shape index (κ2) is 9.68. The molecule has 150 valence electrons. The number of hydrogen-bond acceptors (Lipinski definition) is 4. The third-order valence-corrected chi connectivity index (χ3v) is 6.94. The standard InChI is InChI=1S/C19H27N3O3S.ClH/c1-15-4-6-18(7-5-15)26(24,25)22-12-2-3-17(14-22)19(23)21-13-16-8-10-20-11-9-16;/h4-8,17,20H,2-3,9-14H2,1H3,(H,21,23);1H. The van der Waals surface area contributed by atoms with Gasteiger partial charge in [-0.05, 0) is 44.9 Å². The molecule has 1 unspecified atom stereocenters. The Labute approximate surface area is 167 Å². The predicted molar refractivity (Wildman–Crippen MR) is 108 cm³/mol. The van der Waals surface area contributed by atoms with Crippen LogP contribution >= 0.6 is 12.4 Å². The monoisotopic (exact) mass is 413 g/mol. The summed E-state index contributed by atoms with van der Waals surface area (Å²) in [5.41, 5.74) is 2.25. The number of rotatable bonds is 5. The predicted octanol–water partition coefficient (Wildman–Crippen LogP) is 1.85. The van der Waals surface area contributed by atoms with Gasteiger partial charge in [0.05, 0.1) is 10.8 Å². The number of hydrogen-bond donors (Lipinski definition) is 2. The van der Waals surface area contributed by atoms with Crippen LogP contribution in [0.4, 0.5) is 0 Å². The lowest BCUT2D eigenvalue weighted by molar-refractivity contribution is -0.125. The second-order valence-corrected chi connectivity index (χ2v) is 8.99. The maximum Gasteiger partial charge on any atom is 0.243 e. The molecule has 2 aliphatic heterocycles. The van der Waals surface area contributed by atoms with Crippen molar-refractivity contribution in [1.29, 1.82) is 0 Å². The largest absolute Gasteiger partial charge is 0.352 e. The van der Waals surface area contributed by atoms with Crippen molar-refractivity contribution in [2.45, 2.75) is 31.1 Å². The Hall–Kier alpha value is -1.41. The Bertz CT molecular complexity index is 778. The molecule has 27 heavy (non-hydrogen) atoms. The van der Waals surface area contributed by atoms with Gasteiger partial charge in [-0.25, -0.2) is 8.42 Å². The number of sulfonamides is 1. The van der Waals surface area contributed by atoms with Crippen molar-refractivity contribution in [2.24, 2.45) is 5.92 Å². The van der Waals surface area contributed by atoms with Crippen molar-refractivity contribution in [3.63, 3.8) is 0 Å². The van der Waals surface area contributed by atoms with Crippen LogP contribution in [0.2, 0.25) is 0 Å². The molecule has 2 heterocycles. The van der Waals surface area contributed by atoms with Crippen LogP contribution < -0.4 is 10.6 Å². The van der Waals surface area contributed by atoms with Crippen molar-refractivity contribution in [2.75, 3.05) is 32.7 Å². The van der Waals surface area contributed by atoms with E-state index >= 15 is 0 Å². The highest BCUT2D eigenvalue weighted by Crippen LogP contribution is 2.24. The molecule has 1 aromatic carbocycles. The summed E-state index contributed by atoms with van der Waals surface area (Å²) in [5, 5.41) is 6.23. The van der Waals surface area contributed by atoms with Crippen molar-refractivity contribution in [1.82, 2.24) is 14.9 Å². The minimum Gasteiger partial charge on any atom is -0.352 e. The summed E-state index contributed by atoms with van der Waals surface area (Å²) in [6.45, 7) is 4.99. The number of halogens is 1.